The Morgan fingerprint density at radius 3 is 2.73 bits per heavy atom. The molecule has 15 heavy (non-hydrogen) atoms. The van der Waals surface area contributed by atoms with Crippen molar-refractivity contribution >= 4 is 0 Å². The Bertz CT molecular complexity index is 302. The molecule has 0 saturated heterocycles. The first-order valence-electron chi connectivity index (χ1n) is 5.74. The van der Waals surface area contributed by atoms with Crippen LogP contribution in [0.5, 0.6) is 0 Å². The van der Waals surface area contributed by atoms with Gasteiger partial charge in [-0.25, -0.2) is 4.98 Å². The van der Waals surface area contributed by atoms with Crippen LogP contribution in [-0.2, 0) is 5.54 Å². The zero-order chi connectivity index (χ0) is 11.5. The number of hydrogen-bond acceptors (Lipinski definition) is 2. The molecule has 86 valence electrons. The molecule has 1 atom stereocenters. The van der Waals surface area contributed by atoms with E-state index in [4.69, 9.17) is 0 Å². The third-order valence-corrected chi connectivity index (χ3v) is 3.11. The number of imidazole rings is 1. The van der Waals surface area contributed by atoms with E-state index in [1.54, 1.807) is 0 Å². The van der Waals surface area contributed by atoms with Gasteiger partial charge in [0.05, 0.1) is 23.8 Å². The maximum Gasteiger partial charge on any atom is 0.0951 e. The second-order valence-corrected chi connectivity index (χ2v) is 4.70. The standard InChI is InChI=1S/C12H23N3/c1-6-7-10(2)15-9-14-8-11(15)12(3,4)13-5/h8-10,13H,6-7H2,1-5H3. The van der Waals surface area contributed by atoms with Crippen molar-refractivity contribution in [2.75, 3.05) is 7.05 Å². The molecule has 0 bridgehead atoms. The van der Waals surface area contributed by atoms with Gasteiger partial charge >= 0.3 is 0 Å². The molecule has 1 unspecified atom stereocenters. The van der Waals surface area contributed by atoms with Gasteiger partial charge < -0.3 is 9.88 Å². The summed E-state index contributed by atoms with van der Waals surface area (Å²) in [6, 6.07) is 0.528. The van der Waals surface area contributed by atoms with Crippen molar-refractivity contribution < 1.29 is 0 Å². The zero-order valence-corrected chi connectivity index (χ0v) is 10.5. The van der Waals surface area contributed by atoms with E-state index in [1.807, 2.05) is 19.6 Å². The first kappa shape index (κ1) is 12.2. The lowest BCUT2D eigenvalue weighted by atomic mass is 10.0. The predicted octanol–water partition coefficient (Wildman–Crippen LogP) is 2.70. The molecule has 3 nitrogen and oxygen atoms in total. The molecule has 0 amide bonds. The fourth-order valence-electron chi connectivity index (χ4n) is 1.82. The molecule has 1 N–H and O–H groups in total. The molecule has 0 spiro atoms. The Labute approximate surface area is 92.9 Å². The summed E-state index contributed by atoms with van der Waals surface area (Å²) in [5.74, 6) is 0. The van der Waals surface area contributed by atoms with Crippen molar-refractivity contribution in [1.82, 2.24) is 14.9 Å². The summed E-state index contributed by atoms with van der Waals surface area (Å²) in [5.41, 5.74) is 1.24. The molecule has 1 rings (SSSR count). The van der Waals surface area contributed by atoms with Crippen molar-refractivity contribution in [3.63, 3.8) is 0 Å². The van der Waals surface area contributed by atoms with Crippen molar-refractivity contribution in [1.29, 1.82) is 0 Å². The normalized spacial score (nSPS) is 14.2. The van der Waals surface area contributed by atoms with Crippen molar-refractivity contribution in [2.24, 2.45) is 0 Å². The molecule has 0 aromatic carbocycles. The molecular weight excluding hydrogens is 186 g/mol. The van der Waals surface area contributed by atoms with Crippen LogP contribution >= 0.6 is 0 Å². The Hall–Kier alpha value is -0.830. The summed E-state index contributed by atoms with van der Waals surface area (Å²) in [7, 11) is 1.99. The van der Waals surface area contributed by atoms with Crippen LogP contribution in [0.4, 0.5) is 0 Å². The molecule has 0 aliphatic rings. The number of hydrogen-bond donors (Lipinski definition) is 1. The SMILES string of the molecule is CCCC(C)n1cncc1C(C)(C)NC. The zero-order valence-electron chi connectivity index (χ0n) is 10.5. The number of aromatic nitrogens is 2. The van der Waals surface area contributed by atoms with Crippen LogP contribution in [0.3, 0.4) is 0 Å². The Morgan fingerprint density at radius 1 is 1.53 bits per heavy atom. The van der Waals surface area contributed by atoms with Crippen LogP contribution in [0.2, 0.25) is 0 Å². The fourth-order valence-corrected chi connectivity index (χ4v) is 1.82. The molecule has 1 aromatic rings. The first-order valence-corrected chi connectivity index (χ1v) is 5.74. The van der Waals surface area contributed by atoms with Crippen LogP contribution in [0.1, 0.15) is 52.3 Å². The van der Waals surface area contributed by atoms with Gasteiger partial charge in [-0.05, 0) is 34.2 Å². The van der Waals surface area contributed by atoms with Gasteiger partial charge in [-0.3, -0.25) is 0 Å². The van der Waals surface area contributed by atoms with E-state index < -0.39 is 0 Å². The molecular formula is C12H23N3. The van der Waals surface area contributed by atoms with Crippen LogP contribution in [0.15, 0.2) is 12.5 Å². The highest BCUT2D eigenvalue weighted by atomic mass is 15.1. The van der Waals surface area contributed by atoms with E-state index in [0.29, 0.717) is 6.04 Å². The summed E-state index contributed by atoms with van der Waals surface area (Å²) in [5, 5.41) is 3.32. The second-order valence-electron chi connectivity index (χ2n) is 4.70. The van der Waals surface area contributed by atoms with Gasteiger partial charge in [-0.15, -0.1) is 0 Å². The number of rotatable bonds is 5. The minimum atomic E-state index is -0.0154. The lowest BCUT2D eigenvalue weighted by molar-refractivity contribution is 0.381. The molecule has 3 heteroatoms. The third-order valence-electron chi connectivity index (χ3n) is 3.11. The molecule has 1 heterocycles. The highest BCUT2D eigenvalue weighted by molar-refractivity contribution is 5.11. The van der Waals surface area contributed by atoms with Crippen LogP contribution < -0.4 is 5.32 Å². The van der Waals surface area contributed by atoms with Gasteiger partial charge in [-0.2, -0.15) is 0 Å². The summed E-state index contributed by atoms with van der Waals surface area (Å²) in [4.78, 5) is 4.26. The monoisotopic (exact) mass is 209 g/mol. The molecule has 1 aromatic heterocycles. The Balaban J connectivity index is 2.96. The molecule has 0 saturated carbocycles. The summed E-state index contributed by atoms with van der Waals surface area (Å²) in [6.45, 7) is 8.83. The summed E-state index contributed by atoms with van der Waals surface area (Å²) < 4.78 is 2.28. The maximum absolute atomic E-state index is 4.26. The third kappa shape index (κ3) is 2.59. The van der Waals surface area contributed by atoms with E-state index in [-0.39, 0.29) is 5.54 Å². The van der Waals surface area contributed by atoms with Crippen LogP contribution in [0.25, 0.3) is 0 Å². The fraction of sp³-hybridized carbons (Fsp3) is 0.750. The van der Waals surface area contributed by atoms with E-state index >= 15 is 0 Å². The van der Waals surface area contributed by atoms with Gasteiger partial charge in [0.2, 0.25) is 0 Å². The van der Waals surface area contributed by atoms with Gasteiger partial charge in [0, 0.05) is 6.04 Å². The van der Waals surface area contributed by atoms with Crippen molar-refractivity contribution in [3.8, 4) is 0 Å². The van der Waals surface area contributed by atoms with E-state index in [1.165, 1.54) is 18.5 Å². The van der Waals surface area contributed by atoms with Crippen LogP contribution in [0, 0.1) is 0 Å². The van der Waals surface area contributed by atoms with E-state index in [0.717, 1.165) is 0 Å². The van der Waals surface area contributed by atoms with Gasteiger partial charge in [-0.1, -0.05) is 13.3 Å². The van der Waals surface area contributed by atoms with Gasteiger partial charge in [0.25, 0.3) is 0 Å². The first-order chi connectivity index (χ1) is 7.03. The quantitative estimate of drug-likeness (QED) is 0.808. The maximum atomic E-state index is 4.26. The van der Waals surface area contributed by atoms with Crippen LogP contribution in [-0.4, -0.2) is 16.6 Å². The Kier molecular flexibility index (Phi) is 3.91. The van der Waals surface area contributed by atoms with Gasteiger partial charge in [0.1, 0.15) is 0 Å². The predicted molar refractivity (Wildman–Crippen MR) is 63.9 cm³/mol. The summed E-state index contributed by atoms with van der Waals surface area (Å²) >= 11 is 0. The molecule has 0 fully saturated rings. The smallest absolute Gasteiger partial charge is 0.0951 e. The topological polar surface area (TPSA) is 29.9 Å². The van der Waals surface area contributed by atoms with Crippen molar-refractivity contribution in [2.45, 2.75) is 52.1 Å². The molecule has 0 radical (unpaired) electrons. The molecule has 0 aliphatic carbocycles. The minimum Gasteiger partial charge on any atom is -0.330 e. The largest absolute Gasteiger partial charge is 0.330 e. The number of nitrogens with one attached hydrogen (secondary N) is 1. The highest BCUT2D eigenvalue weighted by Gasteiger charge is 2.23. The molecule has 0 aliphatic heterocycles. The van der Waals surface area contributed by atoms with E-state index in [9.17, 15) is 0 Å². The summed E-state index contributed by atoms with van der Waals surface area (Å²) in [6.07, 6.45) is 6.30. The lowest BCUT2D eigenvalue weighted by Gasteiger charge is -2.27. The highest BCUT2D eigenvalue weighted by Crippen LogP contribution is 2.24. The lowest BCUT2D eigenvalue weighted by Crippen LogP contribution is -2.35. The second kappa shape index (κ2) is 4.79. The average molecular weight is 209 g/mol. The minimum absolute atomic E-state index is 0.0154. The average Bonchev–Trinajstić information content (AvgIpc) is 2.67. The number of nitrogens with zero attached hydrogens (tertiary/aromatic N) is 2. The Morgan fingerprint density at radius 2 is 2.20 bits per heavy atom. The van der Waals surface area contributed by atoms with E-state index in [2.05, 4.69) is 42.6 Å². The van der Waals surface area contributed by atoms with Gasteiger partial charge in [0.15, 0.2) is 0 Å². The van der Waals surface area contributed by atoms with Crippen molar-refractivity contribution in [3.05, 3.63) is 18.2 Å².